The van der Waals surface area contributed by atoms with Crippen molar-refractivity contribution in [3.8, 4) is 0 Å². The van der Waals surface area contributed by atoms with Gasteiger partial charge in [0.2, 0.25) is 0 Å². The molecule has 210 valence electrons. The minimum Gasteiger partial charge on any atom is -0.387 e. The second-order valence-electron chi connectivity index (χ2n) is 10.2. The zero-order chi connectivity index (χ0) is 27.0. The standard InChI is InChI=1S/C27H49NO5S3/c1-5-7-15-28(4,16-8-6-2)22-25(29)12-10-9-11-17-34-18-19-35-27(30)21-24-20-23(3)13-14-26(24)36(31,32)33/h13-14,20,25,27,29-30H,5-12,15-19,21-22H2,1-4H3/p+1. The fourth-order valence-electron chi connectivity index (χ4n) is 4.45. The number of hydrogen-bond acceptors (Lipinski definition) is 6. The number of aliphatic hydroxyl groups is 2. The number of nitrogens with zero attached hydrogens (tertiary/aromatic N) is 1. The lowest BCUT2D eigenvalue weighted by atomic mass is 10.1. The molecule has 0 aromatic heterocycles. The van der Waals surface area contributed by atoms with Gasteiger partial charge in [0.1, 0.15) is 18.1 Å². The van der Waals surface area contributed by atoms with E-state index in [0.717, 1.165) is 72.6 Å². The summed E-state index contributed by atoms with van der Waals surface area (Å²) in [5.41, 5.74) is 0.619. The van der Waals surface area contributed by atoms with Crippen molar-refractivity contribution in [3.05, 3.63) is 29.3 Å². The lowest BCUT2D eigenvalue weighted by Gasteiger charge is -2.36. The average Bonchev–Trinajstić information content (AvgIpc) is 2.79. The van der Waals surface area contributed by atoms with Crippen LogP contribution in [0.5, 0.6) is 0 Å². The lowest BCUT2D eigenvalue weighted by molar-refractivity contribution is -0.913. The summed E-state index contributed by atoms with van der Waals surface area (Å²) in [7, 11) is -2.00. The van der Waals surface area contributed by atoms with Gasteiger partial charge in [0.15, 0.2) is 0 Å². The van der Waals surface area contributed by atoms with Gasteiger partial charge in [0.25, 0.3) is 10.1 Å². The first kappa shape index (κ1) is 33.7. The van der Waals surface area contributed by atoms with Crippen molar-refractivity contribution >= 4 is 33.6 Å². The number of hydrogen-bond donors (Lipinski definition) is 3. The van der Waals surface area contributed by atoms with Gasteiger partial charge in [-0.1, -0.05) is 57.2 Å². The highest BCUT2D eigenvalue weighted by Gasteiger charge is 2.24. The Kier molecular flexibility index (Phi) is 16.9. The van der Waals surface area contributed by atoms with E-state index in [4.69, 9.17) is 0 Å². The Morgan fingerprint density at radius 3 is 2.22 bits per heavy atom. The van der Waals surface area contributed by atoms with E-state index < -0.39 is 15.6 Å². The van der Waals surface area contributed by atoms with E-state index in [-0.39, 0.29) is 17.4 Å². The summed E-state index contributed by atoms with van der Waals surface area (Å²) in [4.78, 5) is -0.127. The Labute approximate surface area is 229 Å². The zero-order valence-corrected chi connectivity index (χ0v) is 25.3. The van der Waals surface area contributed by atoms with Crippen LogP contribution in [0, 0.1) is 6.92 Å². The van der Waals surface area contributed by atoms with Gasteiger partial charge in [-0.05, 0) is 50.0 Å². The molecule has 1 aromatic rings. The number of aliphatic hydroxyl groups excluding tert-OH is 2. The maximum Gasteiger partial charge on any atom is 0.294 e. The lowest BCUT2D eigenvalue weighted by Crippen LogP contribution is -2.50. The highest BCUT2D eigenvalue weighted by molar-refractivity contribution is 8.03. The molecule has 0 saturated carbocycles. The Morgan fingerprint density at radius 1 is 0.944 bits per heavy atom. The summed E-state index contributed by atoms with van der Waals surface area (Å²) in [6.45, 7) is 9.49. The smallest absolute Gasteiger partial charge is 0.294 e. The minimum absolute atomic E-state index is 0.127. The van der Waals surface area contributed by atoms with Gasteiger partial charge in [0, 0.05) is 17.9 Å². The van der Waals surface area contributed by atoms with Crippen LogP contribution in [-0.4, -0.2) is 83.1 Å². The molecule has 0 radical (unpaired) electrons. The first-order valence-corrected chi connectivity index (χ1v) is 17.1. The highest BCUT2D eigenvalue weighted by atomic mass is 32.2. The molecule has 36 heavy (non-hydrogen) atoms. The summed E-state index contributed by atoms with van der Waals surface area (Å²) in [5.74, 6) is 2.77. The summed E-state index contributed by atoms with van der Waals surface area (Å²) in [5, 5.41) is 20.9. The average molecular weight is 565 g/mol. The molecule has 0 spiro atoms. The summed E-state index contributed by atoms with van der Waals surface area (Å²) >= 11 is 3.27. The Morgan fingerprint density at radius 2 is 1.61 bits per heavy atom. The molecule has 0 heterocycles. The molecule has 0 aliphatic heterocycles. The van der Waals surface area contributed by atoms with Crippen molar-refractivity contribution in [1.82, 2.24) is 0 Å². The predicted octanol–water partition coefficient (Wildman–Crippen LogP) is 5.54. The third kappa shape index (κ3) is 14.6. The maximum absolute atomic E-state index is 11.6. The van der Waals surface area contributed by atoms with Crippen LogP contribution >= 0.6 is 23.5 Å². The summed E-state index contributed by atoms with van der Waals surface area (Å²) in [6, 6.07) is 4.73. The van der Waals surface area contributed by atoms with E-state index in [9.17, 15) is 23.2 Å². The third-order valence-electron chi connectivity index (χ3n) is 6.51. The molecule has 0 bridgehead atoms. The van der Waals surface area contributed by atoms with Crippen LogP contribution in [0.3, 0.4) is 0 Å². The fraction of sp³-hybridized carbons (Fsp3) is 0.778. The van der Waals surface area contributed by atoms with Gasteiger partial charge >= 0.3 is 0 Å². The van der Waals surface area contributed by atoms with E-state index in [1.807, 2.05) is 18.7 Å². The Balaban J connectivity index is 2.20. The number of unbranched alkanes of at least 4 members (excludes halogenated alkanes) is 4. The van der Waals surface area contributed by atoms with Crippen LogP contribution < -0.4 is 0 Å². The normalized spacial score (nSPS) is 14.2. The largest absolute Gasteiger partial charge is 0.387 e. The molecule has 9 heteroatoms. The summed E-state index contributed by atoms with van der Waals surface area (Å²) < 4.78 is 33.6. The number of likely N-dealkylation sites (N-methyl/N-ethyl adjacent to an activating group) is 1. The van der Waals surface area contributed by atoms with E-state index in [1.54, 1.807) is 12.1 Å². The Hall–Kier alpha value is -0.290. The molecule has 0 amide bonds. The first-order chi connectivity index (χ1) is 17.0. The number of quaternary nitrogens is 1. The molecule has 1 aromatic carbocycles. The van der Waals surface area contributed by atoms with E-state index in [1.165, 1.54) is 43.5 Å². The highest BCUT2D eigenvalue weighted by Crippen LogP contribution is 2.23. The van der Waals surface area contributed by atoms with E-state index >= 15 is 0 Å². The second-order valence-corrected chi connectivity index (χ2v) is 14.1. The molecule has 2 unspecified atom stereocenters. The van der Waals surface area contributed by atoms with Gasteiger partial charge in [0.05, 0.1) is 25.0 Å². The number of benzene rings is 1. The van der Waals surface area contributed by atoms with Gasteiger partial charge in [-0.3, -0.25) is 4.55 Å². The van der Waals surface area contributed by atoms with E-state index in [0.29, 0.717) is 5.56 Å². The van der Waals surface area contributed by atoms with Gasteiger partial charge in [-0.15, -0.1) is 11.8 Å². The zero-order valence-electron chi connectivity index (χ0n) is 22.8. The van der Waals surface area contributed by atoms with Gasteiger partial charge < -0.3 is 14.7 Å². The van der Waals surface area contributed by atoms with Crippen molar-refractivity contribution in [2.45, 2.75) is 95.0 Å². The second kappa shape index (κ2) is 18.1. The quantitative estimate of drug-likeness (QED) is 0.0781. The first-order valence-electron chi connectivity index (χ1n) is 13.5. The van der Waals surface area contributed by atoms with Crippen LogP contribution in [0.15, 0.2) is 23.1 Å². The van der Waals surface area contributed by atoms with Gasteiger partial charge in [-0.2, -0.15) is 20.2 Å². The number of thioether (sulfide) groups is 2. The van der Waals surface area contributed by atoms with Crippen molar-refractivity contribution in [2.75, 3.05) is 43.9 Å². The molecule has 3 N–H and O–H groups in total. The molecule has 0 fully saturated rings. The van der Waals surface area contributed by atoms with Crippen molar-refractivity contribution < 1.29 is 27.7 Å². The fourth-order valence-corrected chi connectivity index (χ4v) is 7.20. The topological polar surface area (TPSA) is 94.8 Å². The van der Waals surface area contributed by atoms with Crippen LogP contribution in [-0.2, 0) is 16.5 Å². The molecule has 0 saturated heterocycles. The molecule has 0 aliphatic rings. The third-order valence-corrected chi connectivity index (χ3v) is 9.78. The summed E-state index contributed by atoms with van der Waals surface area (Å²) in [6.07, 6.45) is 9.00. The molecule has 0 aliphatic carbocycles. The SMILES string of the molecule is CCCC[N+](C)(CCCC)CC(O)CCCCCSCCSC(O)Cc1cc(C)ccc1S(=O)(=O)O. The van der Waals surface area contributed by atoms with Crippen LogP contribution in [0.25, 0.3) is 0 Å². The molecule has 2 atom stereocenters. The molecule has 6 nitrogen and oxygen atoms in total. The number of rotatable bonds is 21. The van der Waals surface area contributed by atoms with Crippen LogP contribution in [0.1, 0.15) is 76.3 Å². The van der Waals surface area contributed by atoms with Gasteiger partial charge in [-0.25, -0.2) is 0 Å². The Bertz CT molecular complexity index is 827. The monoisotopic (exact) mass is 564 g/mol. The van der Waals surface area contributed by atoms with Crippen molar-refractivity contribution in [3.63, 3.8) is 0 Å². The number of aryl methyl sites for hydroxylation is 1. The van der Waals surface area contributed by atoms with Crippen molar-refractivity contribution in [2.24, 2.45) is 0 Å². The molecule has 1 rings (SSSR count). The van der Waals surface area contributed by atoms with Crippen LogP contribution in [0.2, 0.25) is 0 Å². The maximum atomic E-state index is 11.6. The molecular formula is C27H50NO5S3+. The molecular weight excluding hydrogens is 515 g/mol. The van der Waals surface area contributed by atoms with E-state index in [2.05, 4.69) is 20.9 Å². The predicted molar refractivity (Wildman–Crippen MR) is 156 cm³/mol. The minimum atomic E-state index is -4.30. The van der Waals surface area contributed by atoms with Crippen molar-refractivity contribution in [1.29, 1.82) is 0 Å². The van der Waals surface area contributed by atoms with Crippen LogP contribution in [0.4, 0.5) is 0 Å².